The minimum Gasteiger partial charge on any atom is -0.459 e. The number of ether oxygens (including phenoxy) is 1. The summed E-state index contributed by atoms with van der Waals surface area (Å²) in [6, 6.07) is 51.5. The van der Waals surface area contributed by atoms with Crippen LogP contribution in [0.3, 0.4) is 0 Å². The Hall–Kier alpha value is -6.13. The van der Waals surface area contributed by atoms with Crippen molar-refractivity contribution in [3.05, 3.63) is 169 Å². The molecule has 0 spiro atoms. The first-order valence-electron chi connectivity index (χ1n) is 16.2. The second-order valence-corrected chi connectivity index (χ2v) is 12.3. The quantitative estimate of drug-likeness (QED) is 0.200. The first kappa shape index (κ1) is 26.1. The maximum absolute atomic E-state index is 6.79. The van der Waals surface area contributed by atoms with Crippen LogP contribution in [-0.2, 0) is 0 Å². The van der Waals surface area contributed by atoms with Gasteiger partial charge in [-0.3, -0.25) is 4.57 Å². The fourth-order valence-corrected chi connectivity index (χ4v) is 7.64. The average molecular weight is 604 g/mol. The zero-order valence-corrected chi connectivity index (χ0v) is 25.5. The Bertz CT molecular complexity index is 2510. The number of imidazole rings is 1. The number of benzene rings is 6. The summed E-state index contributed by atoms with van der Waals surface area (Å²) in [5.74, 6) is 3.04. The molecule has 0 bridgehead atoms. The Balaban J connectivity index is 1.08. The molecule has 6 aromatic carbocycles. The molecule has 1 atom stereocenters. The highest BCUT2D eigenvalue weighted by molar-refractivity contribution is 6.10. The number of para-hydroxylation sites is 5. The molecule has 2 aliphatic rings. The van der Waals surface area contributed by atoms with Crippen molar-refractivity contribution in [3.8, 4) is 34.0 Å². The Morgan fingerprint density at radius 2 is 1.23 bits per heavy atom. The number of hydrogen-bond acceptors (Lipinski definition) is 2. The van der Waals surface area contributed by atoms with E-state index in [4.69, 9.17) is 9.72 Å². The number of rotatable bonds is 4. The van der Waals surface area contributed by atoms with Gasteiger partial charge in [-0.05, 0) is 66.1 Å². The van der Waals surface area contributed by atoms with Crippen LogP contribution in [0, 0.1) is 0 Å². The van der Waals surface area contributed by atoms with Crippen molar-refractivity contribution < 1.29 is 4.74 Å². The van der Waals surface area contributed by atoms with Gasteiger partial charge in [-0.15, -0.1) is 0 Å². The highest BCUT2D eigenvalue weighted by Crippen LogP contribution is 2.51. The van der Waals surface area contributed by atoms with Crippen LogP contribution in [0.1, 0.15) is 17.9 Å². The van der Waals surface area contributed by atoms with Crippen molar-refractivity contribution >= 4 is 38.5 Å². The molecule has 47 heavy (non-hydrogen) atoms. The van der Waals surface area contributed by atoms with E-state index in [9.17, 15) is 0 Å². The Kier molecular flexibility index (Phi) is 5.67. The lowest BCUT2D eigenvalue weighted by Crippen LogP contribution is -2.09. The van der Waals surface area contributed by atoms with E-state index in [1.54, 1.807) is 0 Å². The van der Waals surface area contributed by atoms with E-state index in [1.807, 2.05) is 12.1 Å². The molecule has 4 nitrogen and oxygen atoms in total. The summed E-state index contributed by atoms with van der Waals surface area (Å²) in [6.45, 7) is 0. The second kappa shape index (κ2) is 10.2. The lowest BCUT2D eigenvalue weighted by Gasteiger charge is -2.20. The summed E-state index contributed by atoms with van der Waals surface area (Å²) in [5, 5.41) is 2.51. The third kappa shape index (κ3) is 3.91. The van der Waals surface area contributed by atoms with E-state index in [-0.39, 0.29) is 5.92 Å². The summed E-state index contributed by atoms with van der Waals surface area (Å²) in [7, 11) is 0. The van der Waals surface area contributed by atoms with Gasteiger partial charge in [-0.1, -0.05) is 109 Å². The number of nitrogens with zero attached hydrogens (tertiary/aromatic N) is 3. The smallest absolute Gasteiger partial charge is 0.145 e. The Morgan fingerprint density at radius 3 is 2.00 bits per heavy atom. The van der Waals surface area contributed by atoms with Crippen molar-refractivity contribution in [2.24, 2.45) is 0 Å². The second-order valence-electron chi connectivity index (χ2n) is 12.3. The molecule has 1 aliphatic carbocycles. The molecule has 1 unspecified atom stereocenters. The predicted molar refractivity (Wildman–Crippen MR) is 192 cm³/mol. The van der Waals surface area contributed by atoms with Crippen molar-refractivity contribution in [1.82, 2.24) is 14.1 Å². The zero-order chi connectivity index (χ0) is 30.9. The van der Waals surface area contributed by atoms with Crippen LogP contribution >= 0.6 is 0 Å². The summed E-state index contributed by atoms with van der Waals surface area (Å²) >= 11 is 0. The van der Waals surface area contributed by atoms with Crippen molar-refractivity contribution in [2.45, 2.75) is 12.3 Å². The number of fused-ring (bicyclic) bond motifs is 7. The molecule has 0 N–H and O–H groups in total. The van der Waals surface area contributed by atoms with Crippen molar-refractivity contribution in [3.63, 3.8) is 0 Å². The minimum absolute atomic E-state index is 0.142. The van der Waals surface area contributed by atoms with Gasteiger partial charge < -0.3 is 9.30 Å². The molecule has 0 radical (unpaired) electrons. The van der Waals surface area contributed by atoms with Crippen molar-refractivity contribution in [2.75, 3.05) is 0 Å². The molecule has 1 aliphatic heterocycles. The normalized spacial score (nSPS) is 15.4. The predicted octanol–water partition coefficient (Wildman–Crippen LogP) is 10.8. The summed E-state index contributed by atoms with van der Waals surface area (Å²) < 4.78 is 11.4. The van der Waals surface area contributed by atoms with Gasteiger partial charge in [0.05, 0.1) is 33.7 Å². The highest BCUT2D eigenvalue weighted by atomic mass is 16.5. The molecule has 10 rings (SSSR count). The van der Waals surface area contributed by atoms with E-state index >= 15 is 0 Å². The van der Waals surface area contributed by atoms with E-state index < -0.39 is 0 Å². The molecule has 4 heteroatoms. The average Bonchev–Trinajstić information content (AvgIpc) is 3.82. The minimum atomic E-state index is 0.142. The van der Waals surface area contributed by atoms with Crippen LogP contribution in [0.15, 0.2) is 164 Å². The van der Waals surface area contributed by atoms with Crippen LogP contribution in [0.25, 0.3) is 66.7 Å². The van der Waals surface area contributed by atoms with Crippen LogP contribution in [0.2, 0.25) is 0 Å². The molecule has 3 heterocycles. The molecule has 0 fully saturated rings. The summed E-state index contributed by atoms with van der Waals surface area (Å²) in [4.78, 5) is 5.08. The van der Waals surface area contributed by atoms with Gasteiger partial charge in [-0.25, -0.2) is 4.98 Å². The lowest BCUT2D eigenvalue weighted by molar-refractivity contribution is 0.426. The topological polar surface area (TPSA) is 32.0 Å². The van der Waals surface area contributed by atoms with Gasteiger partial charge in [0.2, 0.25) is 0 Å². The van der Waals surface area contributed by atoms with Gasteiger partial charge in [0, 0.05) is 27.6 Å². The fourth-order valence-electron chi connectivity index (χ4n) is 7.64. The summed E-state index contributed by atoms with van der Waals surface area (Å²) in [6.07, 6.45) is 5.45. The van der Waals surface area contributed by atoms with Crippen molar-refractivity contribution in [1.29, 1.82) is 0 Å². The van der Waals surface area contributed by atoms with Gasteiger partial charge in [0.25, 0.3) is 0 Å². The largest absolute Gasteiger partial charge is 0.459 e. The standard InChI is InChI=1S/C43H29N3O/c1-2-12-30(13-3-1)45-38-21-9-6-18-35(38)44-43(45)29-26-24-28(25-27-29)31-16-11-23-40-41(31)34-17-10-22-39(42(34)47-40)46-36-19-7-4-14-32(36)33-15-5-8-20-37(33)46/h1-16,18-27,34H,17H2. The first-order chi connectivity index (χ1) is 23.3. The monoisotopic (exact) mass is 603 g/mol. The molecular weight excluding hydrogens is 574 g/mol. The zero-order valence-electron chi connectivity index (χ0n) is 25.5. The molecule has 8 aromatic rings. The Labute approximate surface area is 272 Å². The van der Waals surface area contributed by atoms with Crippen LogP contribution < -0.4 is 4.74 Å². The number of hydrogen-bond donors (Lipinski definition) is 0. The highest BCUT2D eigenvalue weighted by Gasteiger charge is 2.36. The fraction of sp³-hybridized carbons (Fsp3) is 0.0465. The molecule has 0 saturated carbocycles. The SMILES string of the molecule is C1=CC(n2c3ccccc3c3ccccc32)=C2Oc3cccc(-c4ccc(-c5nc6ccccc6n5-c5ccccc5)cc4)c3C2C1. The van der Waals surface area contributed by atoms with E-state index in [1.165, 1.54) is 38.5 Å². The maximum atomic E-state index is 6.79. The molecule has 0 amide bonds. The van der Waals surface area contributed by atoms with Gasteiger partial charge in [0.15, 0.2) is 0 Å². The maximum Gasteiger partial charge on any atom is 0.145 e. The van der Waals surface area contributed by atoms with E-state index in [2.05, 4.69) is 155 Å². The van der Waals surface area contributed by atoms with Crippen LogP contribution in [0.4, 0.5) is 0 Å². The lowest BCUT2D eigenvalue weighted by atomic mass is 9.85. The molecule has 222 valence electrons. The molecule has 2 aromatic heterocycles. The van der Waals surface area contributed by atoms with Gasteiger partial charge in [-0.2, -0.15) is 0 Å². The van der Waals surface area contributed by atoms with E-state index in [0.717, 1.165) is 51.7 Å². The summed E-state index contributed by atoms with van der Waals surface area (Å²) in [5.41, 5.74) is 11.4. The molecule has 0 saturated heterocycles. The molecular formula is C43H29N3O. The first-order valence-corrected chi connectivity index (χ1v) is 16.2. The van der Waals surface area contributed by atoms with Crippen LogP contribution in [-0.4, -0.2) is 14.1 Å². The van der Waals surface area contributed by atoms with Gasteiger partial charge >= 0.3 is 0 Å². The third-order valence-electron chi connectivity index (χ3n) is 9.70. The third-order valence-corrected chi connectivity index (χ3v) is 9.70. The van der Waals surface area contributed by atoms with Crippen LogP contribution in [0.5, 0.6) is 5.75 Å². The van der Waals surface area contributed by atoms with E-state index in [0.29, 0.717) is 0 Å². The van der Waals surface area contributed by atoms with Gasteiger partial charge in [0.1, 0.15) is 17.3 Å². The Morgan fingerprint density at radius 1 is 0.574 bits per heavy atom. The number of allylic oxidation sites excluding steroid dienone is 4. The number of aromatic nitrogens is 3.